The van der Waals surface area contributed by atoms with Crippen molar-refractivity contribution < 1.29 is 22.0 Å². The van der Waals surface area contributed by atoms with Crippen LogP contribution in [0.4, 0.5) is 4.39 Å². The van der Waals surface area contributed by atoms with Crippen molar-refractivity contribution in [2.45, 2.75) is 10.9 Å². The fourth-order valence-electron chi connectivity index (χ4n) is 2.67. The lowest BCUT2D eigenvalue weighted by atomic mass is 10.2. The summed E-state index contributed by atoms with van der Waals surface area (Å²) in [6.07, 6.45) is 1.57. The first-order chi connectivity index (χ1) is 11.6. The van der Waals surface area contributed by atoms with E-state index in [-0.39, 0.29) is 17.5 Å². The molecule has 1 saturated heterocycles. The van der Waals surface area contributed by atoms with Crippen molar-refractivity contribution >= 4 is 10.0 Å². The van der Waals surface area contributed by atoms with E-state index in [0.717, 1.165) is 12.1 Å². The average molecular weight is 354 g/mol. The first kappa shape index (κ1) is 17.1. The second kappa shape index (κ2) is 7.43. The molecular weight excluding hydrogens is 335 g/mol. The maximum Gasteiger partial charge on any atom is 0.240 e. The van der Waals surface area contributed by atoms with Gasteiger partial charge in [-0.25, -0.2) is 17.5 Å². The highest BCUT2D eigenvalue weighted by Gasteiger charge is 2.26. The summed E-state index contributed by atoms with van der Waals surface area (Å²) in [5.41, 5.74) is 0. The number of hydrogen-bond donors (Lipinski definition) is 1. The highest BCUT2D eigenvalue weighted by Crippen LogP contribution is 2.22. The van der Waals surface area contributed by atoms with E-state index in [9.17, 15) is 12.8 Å². The molecule has 24 heavy (non-hydrogen) atoms. The highest BCUT2D eigenvalue weighted by atomic mass is 32.2. The van der Waals surface area contributed by atoms with Gasteiger partial charge in [0.05, 0.1) is 30.4 Å². The number of hydrogen-bond acceptors (Lipinski definition) is 5. The number of benzene rings is 1. The van der Waals surface area contributed by atoms with Gasteiger partial charge < -0.3 is 9.15 Å². The van der Waals surface area contributed by atoms with Crippen molar-refractivity contribution in [3.05, 3.63) is 54.2 Å². The summed E-state index contributed by atoms with van der Waals surface area (Å²) >= 11 is 0. The molecule has 0 bridgehead atoms. The van der Waals surface area contributed by atoms with Gasteiger partial charge in [-0.2, -0.15) is 0 Å². The molecule has 3 rings (SSSR count). The van der Waals surface area contributed by atoms with Gasteiger partial charge >= 0.3 is 0 Å². The Hall–Kier alpha value is -1.74. The molecule has 1 fully saturated rings. The summed E-state index contributed by atoms with van der Waals surface area (Å²) in [4.78, 5) is 2.15. The van der Waals surface area contributed by atoms with Crippen molar-refractivity contribution in [3.63, 3.8) is 0 Å². The van der Waals surface area contributed by atoms with Crippen LogP contribution in [-0.2, 0) is 14.8 Å². The molecule has 0 saturated carbocycles. The second-order valence-electron chi connectivity index (χ2n) is 5.49. The lowest BCUT2D eigenvalue weighted by molar-refractivity contribution is 0.0128. The van der Waals surface area contributed by atoms with Crippen molar-refractivity contribution in [1.29, 1.82) is 0 Å². The molecule has 0 unspecified atom stereocenters. The van der Waals surface area contributed by atoms with Crippen LogP contribution in [0.5, 0.6) is 0 Å². The van der Waals surface area contributed by atoms with Crippen LogP contribution in [-0.4, -0.2) is 46.2 Å². The Morgan fingerprint density at radius 1 is 1.17 bits per heavy atom. The van der Waals surface area contributed by atoms with E-state index < -0.39 is 15.8 Å². The van der Waals surface area contributed by atoms with E-state index in [4.69, 9.17) is 9.15 Å². The van der Waals surface area contributed by atoms with Crippen LogP contribution < -0.4 is 4.72 Å². The quantitative estimate of drug-likeness (QED) is 0.856. The molecule has 1 aromatic heterocycles. The van der Waals surface area contributed by atoms with Crippen LogP contribution in [0.15, 0.2) is 52.0 Å². The van der Waals surface area contributed by atoms with Gasteiger partial charge in [0, 0.05) is 19.6 Å². The molecule has 1 aromatic carbocycles. The molecule has 0 aliphatic carbocycles. The van der Waals surface area contributed by atoms with Crippen molar-refractivity contribution in [2.24, 2.45) is 0 Å². The number of rotatable bonds is 6. The third-order valence-corrected chi connectivity index (χ3v) is 5.39. The Labute approximate surface area is 140 Å². The van der Waals surface area contributed by atoms with E-state index in [2.05, 4.69) is 9.62 Å². The average Bonchev–Trinajstić information content (AvgIpc) is 3.11. The lowest BCUT2D eigenvalue weighted by Crippen LogP contribution is -2.43. The second-order valence-corrected chi connectivity index (χ2v) is 7.25. The number of furan rings is 1. The molecule has 0 amide bonds. The zero-order valence-corrected chi connectivity index (χ0v) is 13.8. The standard InChI is InChI=1S/C16H19FN2O4S/c17-13-3-5-14(6-4-13)24(20,21)18-12-15(16-2-1-9-23-16)19-7-10-22-11-8-19/h1-6,9,15,18H,7-8,10-12H2/t15-/m1/s1. The number of halogens is 1. The molecular formula is C16H19FN2O4S. The van der Waals surface area contributed by atoms with Crippen LogP contribution in [0.1, 0.15) is 11.8 Å². The van der Waals surface area contributed by atoms with E-state index in [1.165, 1.54) is 12.1 Å². The third kappa shape index (κ3) is 4.02. The van der Waals surface area contributed by atoms with Crippen LogP contribution in [0.2, 0.25) is 0 Å². The molecule has 0 radical (unpaired) electrons. The van der Waals surface area contributed by atoms with Crippen LogP contribution >= 0.6 is 0 Å². The van der Waals surface area contributed by atoms with E-state index in [1.807, 2.05) is 6.07 Å². The van der Waals surface area contributed by atoms with Gasteiger partial charge in [0.1, 0.15) is 11.6 Å². The normalized spacial score (nSPS) is 17.7. The molecule has 130 valence electrons. The Balaban J connectivity index is 1.74. The summed E-state index contributed by atoms with van der Waals surface area (Å²) in [5.74, 6) is 0.217. The molecule has 6 nitrogen and oxygen atoms in total. The van der Waals surface area contributed by atoms with Gasteiger partial charge in [0.15, 0.2) is 0 Å². The zero-order chi connectivity index (χ0) is 17.0. The predicted octanol–water partition coefficient (Wildman–Crippen LogP) is 1.77. The number of nitrogens with one attached hydrogen (secondary N) is 1. The highest BCUT2D eigenvalue weighted by molar-refractivity contribution is 7.89. The van der Waals surface area contributed by atoms with Crippen molar-refractivity contribution in [1.82, 2.24) is 9.62 Å². The zero-order valence-electron chi connectivity index (χ0n) is 13.0. The minimum absolute atomic E-state index is 0.0315. The van der Waals surface area contributed by atoms with Crippen molar-refractivity contribution in [3.8, 4) is 0 Å². The number of sulfonamides is 1. The van der Waals surface area contributed by atoms with Gasteiger partial charge in [-0.15, -0.1) is 0 Å². The van der Waals surface area contributed by atoms with Gasteiger partial charge in [0.2, 0.25) is 10.0 Å². The van der Waals surface area contributed by atoms with Crippen LogP contribution in [0, 0.1) is 5.82 Å². The molecule has 1 aliphatic rings. The maximum atomic E-state index is 13.0. The van der Waals surface area contributed by atoms with E-state index in [0.29, 0.717) is 32.1 Å². The lowest BCUT2D eigenvalue weighted by Gasteiger charge is -2.33. The first-order valence-corrected chi connectivity index (χ1v) is 9.15. The minimum Gasteiger partial charge on any atom is -0.468 e. The van der Waals surface area contributed by atoms with Gasteiger partial charge in [0.25, 0.3) is 0 Å². The summed E-state index contributed by atoms with van der Waals surface area (Å²) in [7, 11) is -3.72. The molecule has 2 aromatic rings. The SMILES string of the molecule is O=S(=O)(NC[C@H](c1ccco1)N1CCOCC1)c1ccc(F)cc1. The van der Waals surface area contributed by atoms with Crippen LogP contribution in [0.25, 0.3) is 0 Å². The summed E-state index contributed by atoms with van der Waals surface area (Å²) in [5, 5.41) is 0. The van der Waals surface area contributed by atoms with Crippen molar-refractivity contribution in [2.75, 3.05) is 32.8 Å². The predicted molar refractivity (Wildman–Crippen MR) is 85.4 cm³/mol. The number of morpholine rings is 1. The largest absolute Gasteiger partial charge is 0.468 e. The Kier molecular flexibility index (Phi) is 5.30. The molecule has 1 atom stereocenters. The van der Waals surface area contributed by atoms with Gasteiger partial charge in [-0.05, 0) is 36.4 Å². The van der Waals surface area contributed by atoms with E-state index in [1.54, 1.807) is 12.3 Å². The Morgan fingerprint density at radius 3 is 2.50 bits per heavy atom. The smallest absolute Gasteiger partial charge is 0.240 e. The topological polar surface area (TPSA) is 71.8 Å². The minimum atomic E-state index is -3.72. The maximum absolute atomic E-state index is 13.0. The summed E-state index contributed by atoms with van der Waals surface area (Å²) in [6.45, 7) is 2.75. The number of ether oxygens (including phenoxy) is 1. The molecule has 0 spiro atoms. The molecule has 1 aliphatic heterocycles. The first-order valence-electron chi connectivity index (χ1n) is 7.67. The third-order valence-electron chi connectivity index (χ3n) is 3.95. The van der Waals surface area contributed by atoms with Crippen LogP contribution in [0.3, 0.4) is 0 Å². The van der Waals surface area contributed by atoms with E-state index >= 15 is 0 Å². The fraction of sp³-hybridized carbons (Fsp3) is 0.375. The number of nitrogens with zero attached hydrogens (tertiary/aromatic N) is 1. The molecule has 2 heterocycles. The Bertz CT molecular complexity index is 741. The van der Waals surface area contributed by atoms with Gasteiger partial charge in [-0.1, -0.05) is 0 Å². The fourth-order valence-corrected chi connectivity index (χ4v) is 3.70. The van der Waals surface area contributed by atoms with Gasteiger partial charge in [-0.3, -0.25) is 4.90 Å². The monoisotopic (exact) mass is 354 g/mol. The molecule has 8 heteroatoms. The summed E-state index contributed by atoms with van der Waals surface area (Å²) in [6, 6.07) is 8.12. The summed E-state index contributed by atoms with van der Waals surface area (Å²) < 4.78 is 51.2. The molecule has 1 N–H and O–H groups in total. The Morgan fingerprint density at radius 2 is 1.88 bits per heavy atom.